The molecule has 1 N–H and O–H groups in total. The quantitative estimate of drug-likeness (QED) is 0.717. The van der Waals surface area contributed by atoms with Gasteiger partial charge in [-0.3, -0.25) is 9.36 Å². The maximum atomic E-state index is 12.3. The number of alkyl halides is 3. The summed E-state index contributed by atoms with van der Waals surface area (Å²) in [5, 5.41) is 2.70. The minimum Gasteiger partial charge on any atom is -0.408 e. The van der Waals surface area contributed by atoms with E-state index in [1.54, 1.807) is 32.0 Å². The van der Waals surface area contributed by atoms with Crippen molar-refractivity contribution in [1.82, 2.24) is 9.88 Å². The number of rotatable bonds is 5. The third-order valence-corrected chi connectivity index (χ3v) is 3.84. The Kier molecular flexibility index (Phi) is 5.17. The van der Waals surface area contributed by atoms with Crippen LogP contribution in [0.25, 0.3) is 22.2 Å². The number of carbonyl (C=O) groups is 1. The van der Waals surface area contributed by atoms with Gasteiger partial charge in [0, 0.05) is 6.04 Å². The smallest absolute Gasteiger partial charge is 0.408 e. The van der Waals surface area contributed by atoms with Gasteiger partial charge in [0.25, 0.3) is 0 Å². The van der Waals surface area contributed by atoms with Crippen molar-refractivity contribution >= 4 is 17.0 Å². The monoisotopic (exact) mass is 394 g/mol. The van der Waals surface area contributed by atoms with Gasteiger partial charge in [0.1, 0.15) is 12.3 Å². The molecule has 1 aromatic heterocycles. The summed E-state index contributed by atoms with van der Waals surface area (Å²) in [6.45, 7) is 3.41. The lowest BCUT2D eigenvalue weighted by molar-refractivity contribution is -0.274. The van der Waals surface area contributed by atoms with Crippen LogP contribution in [0.1, 0.15) is 13.8 Å². The normalized spacial score (nSPS) is 11.8. The maximum absolute atomic E-state index is 12.3. The fourth-order valence-electron chi connectivity index (χ4n) is 2.75. The largest absolute Gasteiger partial charge is 0.573 e. The molecule has 0 saturated heterocycles. The molecule has 0 aliphatic carbocycles. The fraction of sp³-hybridized carbons (Fsp3) is 0.263. The predicted molar refractivity (Wildman–Crippen MR) is 95.9 cm³/mol. The van der Waals surface area contributed by atoms with E-state index < -0.39 is 12.1 Å². The molecule has 9 heteroatoms. The Hall–Kier alpha value is -3.23. The van der Waals surface area contributed by atoms with Gasteiger partial charge in [-0.1, -0.05) is 18.2 Å². The predicted octanol–water partition coefficient (Wildman–Crippen LogP) is 3.68. The summed E-state index contributed by atoms with van der Waals surface area (Å²) in [5.41, 5.74) is 1.98. The number of ether oxygens (including phenoxy) is 1. The Labute approximate surface area is 157 Å². The van der Waals surface area contributed by atoms with E-state index in [1.165, 1.54) is 28.8 Å². The number of amides is 1. The van der Waals surface area contributed by atoms with E-state index in [0.29, 0.717) is 22.2 Å². The molecule has 0 bridgehead atoms. The SMILES string of the molecule is CC(C)NC(=O)Cn1c(=O)oc2ccc(-c3ccc(OC(F)(F)F)cc3)cc21. The molecule has 0 saturated carbocycles. The third-order valence-electron chi connectivity index (χ3n) is 3.84. The third kappa shape index (κ3) is 4.54. The van der Waals surface area contributed by atoms with Crippen LogP contribution in [-0.4, -0.2) is 22.9 Å². The number of benzene rings is 2. The highest BCUT2D eigenvalue weighted by atomic mass is 19.4. The van der Waals surface area contributed by atoms with Crippen LogP contribution in [0.5, 0.6) is 5.75 Å². The molecule has 0 fully saturated rings. The summed E-state index contributed by atoms with van der Waals surface area (Å²) in [6.07, 6.45) is -4.76. The molecule has 2 aromatic carbocycles. The first kappa shape index (κ1) is 19.5. The molecule has 0 unspecified atom stereocenters. The first-order chi connectivity index (χ1) is 13.1. The summed E-state index contributed by atoms with van der Waals surface area (Å²) in [6, 6.07) is 10.1. The van der Waals surface area contributed by atoms with Crippen molar-refractivity contribution < 1.29 is 27.1 Å². The summed E-state index contributed by atoms with van der Waals surface area (Å²) in [5.74, 6) is -1.33. The summed E-state index contributed by atoms with van der Waals surface area (Å²) < 4.78 is 47.0. The number of hydrogen-bond acceptors (Lipinski definition) is 4. The second kappa shape index (κ2) is 7.41. The average molecular weight is 394 g/mol. The number of nitrogens with one attached hydrogen (secondary N) is 1. The Morgan fingerprint density at radius 2 is 1.79 bits per heavy atom. The number of halogens is 3. The number of fused-ring (bicyclic) bond motifs is 1. The van der Waals surface area contributed by atoms with Gasteiger partial charge in [0.05, 0.1) is 5.52 Å². The van der Waals surface area contributed by atoms with Crippen LogP contribution in [-0.2, 0) is 11.3 Å². The number of oxazole rings is 1. The molecule has 1 amide bonds. The van der Waals surface area contributed by atoms with Crippen LogP contribution in [0.4, 0.5) is 13.2 Å². The van der Waals surface area contributed by atoms with Crippen LogP contribution in [0.15, 0.2) is 51.7 Å². The van der Waals surface area contributed by atoms with E-state index in [-0.39, 0.29) is 24.2 Å². The highest BCUT2D eigenvalue weighted by molar-refractivity contribution is 5.83. The van der Waals surface area contributed by atoms with Gasteiger partial charge in [0.2, 0.25) is 5.91 Å². The molecular weight excluding hydrogens is 377 g/mol. The lowest BCUT2D eigenvalue weighted by Crippen LogP contribution is -2.35. The van der Waals surface area contributed by atoms with E-state index >= 15 is 0 Å². The minimum absolute atomic E-state index is 0.0747. The zero-order valence-electron chi connectivity index (χ0n) is 15.0. The second-order valence-corrected chi connectivity index (χ2v) is 6.43. The molecule has 0 spiro atoms. The summed E-state index contributed by atoms with van der Waals surface area (Å²) >= 11 is 0. The van der Waals surface area contributed by atoms with Crippen LogP contribution in [0.2, 0.25) is 0 Å². The van der Waals surface area contributed by atoms with Gasteiger partial charge in [0.15, 0.2) is 5.58 Å². The fourth-order valence-corrected chi connectivity index (χ4v) is 2.75. The molecule has 0 atom stereocenters. The van der Waals surface area contributed by atoms with E-state index in [2.05, 4.69) is 10.1 Å². The molecule has 28 heavy (non-hydrogen) atoms. The topological polar surface area (TPSA) is 73.5 Å². The van der Waals surface area contributed by atoms with Crippen LogP contribution in [0, 0.1) is 0 Å². The molecule has 0 aliphatic heterocycles. The van der Waals surface area contributed by atoms with Gasteiger partial charge in [-0.15, -0.1) is 13.2 Å². The van der Waals surface area contributed by atoms with Crippen molar-refractivity contribution in [3.63, 3.8) is 0 Å². The van der Waals surface area contributed by atoms with Crippen molar-refractivity contribution in [3.8, 4) is 16.9 Å². The summed E-state index contributed by atoms with van der Waals surface area (Å²) in [7, 11) is 0. The number of nitrogens with zero attached hydrogens (tertiary/aromatic N) is 1. The van der Waals surface area contributed by atoms with Crippen molar-refractivity contribution in [3.05, 3.63) is 53.0 Å². The molecular formula is C19H17F3N2O4. The van der Waals surface area contributed by atoms with Crippen molar-refractivity contribution in [2.75, 3.05) is 0 Å². The number of aromatic nitrogens is 1. The Morgan fingerprint density at radius 3 is 2.39 bits per heavy atom. The van der Waals surface area contributed by atoms with Crippen molar-refractivity contribution in [2.45, 2.75) is 32.8 Å². The number of hydrogen-bond donors (Lipinski definition) is 1. The molecule has 3 rings (SSSR count). The summed E-state index contributed by atoms with van der Waals surface area (Å²) in [4.78, 5) is 24.1. The van der Waals surface area contributed by atoms with E-state index in [4.69, 9.17) is 4.42 Å². The molecule has 6 nitrogen and oxygen atoms in total. The van der Waals surface area contributed by atoms with Gasteiger partial charge in [-0.05, 0) is 49.2 Å². The van der Waals surface area contributed by atoms with Gasteiger partial charge in [-0.25, -0.2) is 4.79 Å². The number of carbonyl (C=O) groups excluding carboxylic acids is 1. The average Bonchev–Trinajstić information content (AvgIpc) is 2.88. The van der Waals surface area contributed by atoms with Gasteiger partial charge in [-0.2, -0.15) is 0 Å². The van der Waals surface area contributed by atoms with E-state index in [0.717, 1.165) is 0 Å². The molecule has 148 valence electrons. The lowest BCUT2D eigenvalue weighted by atomic mass is 10.1. The lowest BCUT2D eigenvalue weighted by Gasteiger charge is -2.10. The van der Waals surface area contributed by atoms with E-state index in [9.17, 15) is 22.8 Å². The minimum atomic E-state index is -4.76. The maximum Gasteiger partial charge on any atom is 0.573 e. The Balaban J connectivity index is 1.92. The first-order valence-corrected chi connectivity index (χ1v) is 8.41. The molecule has 1 heterocycles. The van der Waals surface area contributed by atoms with Crippen molar-refractivity contribution in [1.29, 1.82) is 0 Å². The molecule has 0 aliphatic rings. The Morgan fingerprint density at radius 1 is 1.14 bits per heavy atom. The first-order valence-electron chi connectivity index (χ1n) is 8.41. The van der Waals surface area contributed by atoms with Gasteiger partial charge < -0.3 is 14.5 Å². The Bertz CT molecular complexity index is 1050. The van der Waals surface area contributed by atoms with Crippen molar-refractivity contribution in [2.24, 2.45) is 0 Å². The molecule has 0 radical (unpaired) electrons. The van der Waals surface area contributed by atoms with Gasteiger partial charge >= 0.3 is 12.1 Å². The zero-order chi connectivity index (χ0) is 20.5. The van der Waals surface area contributed by atoms with Crippen LogP contribution in [0.3, 0.4) is 0 Å². The van der Waals surface area contributed by atoms with E-state index in [1.807, 2.05) is 0 Å². The zero-order valence-corrected chi connectivity index (χ0v) is 15.0. The van der Waals surface area contributed by atoms with Crippen LogP contribution < -0.4 is 15.8 Å². The highest BCUT2D eigenvalue weighted by Gasteiger charge is 2.31. The highest BCUT2D eigenvalue weighted by Crippen LogP contribution is 2.28. The second-order valence-electron chi connectivity index (χ2n) is 6.43. The standard InChI is InChI=1S/C19H17F3N2O4/c1-11(2)23-17(25)10-24-15-9-13(5-8-16(15)27-18(24)26)12-3-6-14(7-4-12)28-19(20,21)22/h3-9,11H,10H2,1-2H3,(H,23,25). The van der Waals surface area contributed by atoms with Crippen LogP contribution >= 0.6 is 0 Å². The molecule has 3 aromatic rings.